The number of anilines is 1. The highest BCUT2D eigenvalue weighted by molar-refractivity contribution is 9.10. The molecule has 21 heavy (non-hydrogen) atoms. The number of hydrogen-bond donors (Lipinski definition) is 1. The summed E-state index contributed by atoms with van der Waals surface area (Å²) in [5, 5.41) is 7.59. The van der Waals surface area contributed by atoms with Gasteiger partial charge in [0, 0.05) is 16.1 Å². The van der Waals surface area contributed by atoms with Crippen LogP contribution in [0.2, 0.25) is 0 Å². The number of fused-ring (bicyclic) bond motifs is 1. The zero-order valence-corrected chi connectivity index (χ0v) is 12.8. The number of pyridine rings is 1. The van der Waals surface area contributed by atoms with Gasteiger partial charge in [0.1, 0.15) is 11.5 Å². The number of amides is 1. The summed E-state index contributed by atoms with van der Waals surface area (Å²) in [6.07, 6.45) is 1.79. The molecule has 0 aliphatic carbocycles. The minimum absolute atomic E-state index is 0.147. The first-order valence-corrected chi connectivity index (χ1v) is 7.18. The SMILES string of the molecule is Cc1cc(Br)cnc1NC(=O)Cc1noc2ccccc12. The van der Waals surface area contributed by atoms with Crippen LogP contribution in [0.15, 0.2) is 45.5 Å². The Bertz CT molecular complexity index is 814. The number of carbonyl (C=O) groups excluding carboxylic acids is 1. The Morgan fingerprint density at radius 2 is 2.19 bits per heavy atom. The smallest absolute Gasteiger partial charge is 0.231 e. The number of halogens is 1. The van der Waals surface area contributed by atoms with Gasteiger partial charge in [-0.15, -0.1) is 0 Å². The quantitative estimate of drug-likeness (QED) is 0.788. The molecule has 1 amide bonds. The van der Waals surface area contributed by atoms with E-state index in [0.29, 0.717) is 17.1 Å². The Labute approximate surface area is 129 Å². The third-order valence-corrected chi connectivity index (χ3v) is 3.52. The summed E-state index contributed by atoms with van der Waals surface area (Å²) in [6.45, 7) is 1.89. The number of hydrogen-bond acceptors (Lipinski definition) is 4. The lowest BCUT2D eigenvalue weighted by Crippen LogP contribution is -2.16. The van der Waals surface area contributed by atoms with E-state index in [1.807, 2.05) is 37.3 Å². The van der Waals surface area contributed by atoms with Crippen molar-refractivity contribution >= 4 is 38.6 Å². The largest absolute Gasteiger partial charge is 0.356 e. The number of nitrogens with zero attached hydrogens (tertiary/aromatic N) is 2. The highest BCUT2D eigenvalue weighted by Crippen LogP contribution is 2.20. The molecular weight excluding hydrogens is 334 g/mol. The van der Waals surface area contributed by atoms with Gasteiger partial charge in [-0.1, -0.05) is 17.3 Å². The first kappa shape index (κ1) is 13.8. The topological polar surface area (TPSA) is 68.0 Å². The summed E-state index contributed by atoms with van der Waals surface area (Å²) < 4.78 is 6.06. The Hall–Kier alpha value is -2.21. The molecule has 0 bridgehead atoms. The molecule has 3 aromatic rings. The zero-order chi connectivity index (χ0) is 14.8. The maximum Gasteiger partial charge on any atom is 0.231 e. The Balaban J connectivity index is 1.77. The van der Waals surface area contributed by atoms with E-state index in [1.165, 1.54) is 0 Å². The second-order valence-electron chi connectivity index (χ2n) is 4.67. The molecule has 0 atom stereocenters. The van der Waals surface area contributed by atoms with Crippen molar-refractivity contribution in [1.29, 1.82) is 0 Å². The predicted molar refractivity (Wildman–Crippen MR) is 83.0 cm³/mol. The van der Waals surface area contributed by atoms with Gasteiger partial charge in [-0.2, -0.15) is 0 Å². The van der Waals surface area contributed by atoms with Crippen LogP contribution in [-0.4, -0.2) is 16.0 Å². The molecule has 0 aliphatic heterocycles. The average Bonchev–Trinajstić information content (AvgIpc) is 2.85. The molecule has 5 nitrogen and oxygen atoms in total. The number of nitrogens with one attached hydrogen (secondary N) is 1. The molecule has 1 N–H and O–H groups in total. The fourth-order valence-corrected chi connectivity index (χ4v) is 2.51. The summed E-state index contributed by atoms with van der Waals surface area (Å²) in [5.41, 5.74) is 2.19. The lowest BCUT2D eigenvalue weighted by atomic mass is 10.1. The third kappa shape index (κ3) is 2.95. The number of benzene rings is 1. The summed E-state index contributed by atoms with van der Waals surface area (Å²) in [4.78, 5) is 16.3. The molecule has 0 spiro atoms. The number of para-hydroxylation sites is 1. The fourth-order valence-electron chi connectivity index (χ4n) is 2.07. The van der Waals surface area contributed by atoms with E-state index in [2.05, 4.69) is 31.4 Å². The Kier molecular flexibility index (Phi) is 3.70. The van der Waals surface area contributed by atoms with Crippen molar-refractivity contribution in [2.45, 2.75) is 13.3 Å². The molecule has 0 saturated carbocycles. The standard InChI is InChI=1S/C15H12BrN3O2/c1-9-6-10(16)8-17-15(9)18-14(20)7-12-11-4-2-3-5-13(11)21-19-12/h2-6,8H,7H2,1H3,(H,17,18,20). The minimum atomic E-state index is -0.174. The van der Waals surface area contributed by atoms with Crippen LogP contribution in [0.3, 0.4) is 0 Å². The van der Waals surface area contributed by atoms with Crippen LogP contribution in [0, 0.1) is 6.92 Å². The minimum Gasteiger partial charge on any atom is -0.356 e. The number of aryl methyl sites for hydroxylation is 1. The Morgan fingerprint density at radius 3 is 3.00 bits per heavy atom. The maximum absolute atomic E-state index is 12.1. The van der Waals surface area contributed by atoms with Crippen molar-refractivity contribution in [2.24, 2.45) is 0 Å². The molecular formula is C15H12BrN3O2. The monoisotopic (exact) mass is 345 g/mol. The van der Waals surface area contributed by atoms with Gasteiger partial charge in [0.25, 0.3) is 0 Å². The summed E-state index contributed by atoms with van der Waals surface area (Å²) in [5.74, 6) is 0.378. The lowest BCUT2D eigenvalue weighted by Gasteiger charge is -2.06. The first-order valence-electron chi connectivity index (χ1n) is 6.39. The van der Waals surface area contributed by atoms with E-state index >= 15 is 0 Å². The number of carbonyl (C=O) groups is 1. The lowest BCUT2D eigenvalue weighted by molar-refractivity contribution is -0.115. The zero-order valence-electron chi connectivity index (χ0n) is 11.3. The van der Waals surface area contributed by atoms with Gasteiger partial charge in [0.05, 0.1) is 6.42 Å². The van der Waals surface area contributed by atoms with Gasteiger partial charge < -0.3 is 9.84 Å². The van der Waals surface area contributed by atoms with Gasteiger partial charge in [-0.25, -0.2) is 4.98 Å². The van der Waals surface area contributed by atoms with Gasteiger partial charge >= 0.3 is 0 Å². The summed E-state index contributed by atoms with van der Waals surface area (Å²) >= 11 is 3.34. The van der Waals surface area contributed by atoms with Crippen molar-refractivity contribution in [3.8, 4) is 0 Å². The molecule has 3 rings (SSSR count). The fraction of sp³-hybridized carbons (Fsp3) is 0.133. The maximum atomic E-state index is 12.1. The van der Waals surface area contributed by atoms with Crippen molar-refractivity contribution in [2.75, 3.05) is 5.32 Å². The Morgan fingerprint density at radius 1 is 1.38 bits per heavy atom. The highest BCUT2D eigenvalue weighted by atomic mass is 79.9. The molecule has 1 aromatic carbocycles. The second kappa shape index (κ2) is 5.65. The molecule has 2 aromatic heterocycles. The molecule has 0 radical (unpaired) electrons. The number of rotatable bonds is 3. The second-order valence-corrected chi connectivity index (χ2v) is 5.59. The van der Waals surface area contributed by atoms with Crippen LogP contribution in [0.25, 0.3) is 11.0 Å². The molecule has 0 unspecified atom stereocenters. The van der Waals surface area contributed by atoms with Gasteiger partial charge in [-0.05, 0) is 46.6 Å². The third-order valence-electron chi connectivity index (χ3n) is 3.08. The first-order chi connectivity index (χ1) is 10.1. The van der Waals surface area contributed by atoms with E-state index in [4.69, 9.17) is 4.52 Å². The van der Waals surface area contributed by atoms with Crippen molar-refractivity contribution in [1.82, 2.24) is 10.1 Å². The molecule has 6 heteroatoms. The van der Waals surface area contributed by atoms with Crippen molar-refractivity contribution < 1.29 is 9.32 Å². The molecule has 0 saturated heterocycles. The van der Waals surface area contributed by atoms with Crippen LogP contribution in [-0.2, 0) is 11.2 Å². The van der Waals surface area contributed by atoms with Gasteiger partial charge in [0.2, 0.25) is 5.91 Å². The van der Waals surface area contributed by atoms with E-state index in [1.54, 1.807) is 6.20 Å². The van der Waals surface area contributed by atoms with Crippen LogP contribution in [0.1, 0.15) is 11.3 Å². The van der Waals surface area contributed by atoms with Crippen molar-refractivity contribution in [3.05, 3.63) is 52.3 Å². The van der Waals surface area contributed by atoms with E-state index in [-0.39, 0.29) is 12.3 Å². The van der Waals surface area contributed by atoms with Crippen molar-refractivity contribution in [3.63, 3.8) is 0 Å². The predicted octanol–water partition coefficient (Wildman–Crippen LogP) is 3.47. The van der Waals surface area contributed by atoms with E-state index in [0.717, 1.165) is 15.4 Å². The van der Waals surface area contributed by atoms with Crippen LogP contribution in [0.4, 0.5) is 5.82 Å². The highest BCUT2D eigenvalue weighted by Gasteiger charge is 2.13. The van der Waals surface area contributed by atoms with Gasteiger partial charge in [0.15, 0.2) is 5.58 Å². The van der Waals surface area contributed by atoms with Crippen LogP contribution in [0.5, 0.6) is 0 Å². The molecule has 0 aliphatic rings. The summed E-state index contributed by atoms with van der Waals surface area (Å²) in [6, 6.07) is 9.36. The van der Waals surface area contributed by atoms with E-state index < -0.39 is 0 Å². The average molecular weight is 346 g/mol. The molecule has 2 heterocycles. The van der Waals surface area contributed by atoms with Crippen LogP contribution >= 0.6 is 15.9 Å². The normalized spacial score (nSPS) is 10.8. The van der Waals surface area contributed by atoms with Crippen LogP contribution < -0.4 is 5.32 Å². The van der Waals surface area contributed by atoms with Gasteiger partial charge in [-0.3, -0.25) is 4.79 Å². The number of aromatic nitrogens is 2. The molecule has 106 valence electrons. The molecule has 0 fully saturated rings. The summed E-state index contributed by atoms with van der Waals surface area (Å²) in [7, 11) is 0. The van der Waals surface area contributed by atoms with E-state index in [9.17, 15) is 4.79 Å².